The highest BCUT2D eigenvalue weighted by Crippen LogP contribution is 2.43. The number of hydrogen-bond acceptors (Lipinski definition) is 7. The molecule has 0 unspecified atom stereocenters. The largest absolute Gasteiger partial charge is 0.454 e. The Morgan fingerprint density at radius 2 is 1.81 bits per heavy atom. The van der Waals surface area contributed by atoms with Gasteiger partial charge in [0.25, 0.3) is 0 Å². The Balaban J connectivity index is 1.77. The maximum Gasteiger partial charge on any atom is 0.220 e. The molecule has 134 valence electrons. The summed E-state index contributed by atoms with van der Waals surface area (Å²) in [5, 5.41) is 0. The topological polar surface area (TPSA) is 102 Å². The molecule has 4 N–H and O–H groups in total. The Labute approximate surface area is 152 Å². The Morgan fingerprint density at radius 1 is 1.00 bits per heavy atom. The van der Waals surface area contributed by atoms with Gasteiger partial charge in [-0.25, -0.2) is 4.99 Å². The van der Waals surface area contributed by atoms with Crippen molar-refractivity contribution in [1.29, 1.82) is 0 Å². The fourth-order valence-corrected chi connectivity index (χ4v) is 3.73. The van der Waals surface area contributed by atoms with E-state index in [0.29, 0.717) is 17.5 Å². The molecule has 1 saturated carbocycles. The Kier molecular flexibility index (Phi) is 4.20. The number of aliphatic imine (C=N–C) groups is 2. The van der Waals surface area contributed by atoms with Crippen LogP contribution in [0.25, 0.3) is 0 Å². The summed E-state index contributed by atoms with van der Waals surface area (Å²) in [6.45, 7) is 0. The van der Waals surface area contributed by atoms with Gasteiger partial charge in [-0.05, 0) is 49.9 Å². The van der Waals surface area contributed by atoms with Crippen LogP contribution in [-0.2, 0) is 0 Å². The zero-order chi connectivity index (χ0) is 18.0. The molecule has 1 spiro atoms. The number of nitrogens with two attached hydrogens (primary N) is 2. The van der Waals surface area contributed by atoms with Gasteiger partial charge in [0, 0.05) is 6.20 Å². The normalized spacial score (nSPS) is 19.0. The molecule has 7 heteroatoms. The lowest BCUT2D eigenvalue weighted by Crippen LogP contribution is -2.58. The van der Waals surface area contributed by atoms with E-state index in [1.54, 1.807) is 12.4 Å². The molecule has 2 heterocycles. The van der Waals surface area contributed by atoms with Gasteiger partial charge in [0.1, 0.15) is 11.4 Å². The first-order valence-corrected chi connectivity index (χ1v) is 8.85. The van der Waals surface area contributed by atoms with Gasteiger partial charge in [0.2, 0.25) is 11.9 Å². The quantitative estimate of drug-likeness (QED) is 0.886. The second-order valence-corrected chi connectivity index (χ2v) is 6.58. The van der Waals surface area contributed by atoms with E-state index in [0.717, 1.165) is 31.4 Å². The molecule has 0 atom stereocenters. The summed E-state index contributed by atoms with van der Waals surface area (Å²) in [5.41, 5.74) is 12.6. The van der Waals surface area contributed by atoms with E-state index in [-0.39, 0.29) is 5.96 Å². The van der Waals surface area contributed by atoms with Crippen molar-refractivity contribution in [1.82, 2.24) is 4.98 Å². The smallest absolute Gasteiger partial charge is 0.220 e. The van der Waals surface area contributed by atoms with Crippen LogP contribution in [0, 0.1) is 0 Å². The first-order valence-electron chi connectivity index (χ1n) is 8.85. The number of anilines is 1. The average Bonchev–Trinajstić information content (AvgIpc) is 2.64. The summed E-state index contributed by atoms with van der Waals surface area (Å²) in [4.78, 5) is 15.0. The highest BCUT2D eigenvalue weighted by molar-refractivity contribution is 6.06. The Morgan fingerprint density at radius 3 is 2.58 bits per heavy atom. The lowest BCUT2D eigenvalue weighted by atomic mass is 9.87. The fourth-order valence-electron chi connectivity index (χ4n) is 3.73. The SMILES string of the molecule is NC1=NC2(CCCCC2)N(c2ccccc2Oc2cccnc2)C(N)=N1. The van der Waals surface area contributed by atoms with Gasteiger partial charge in [0.05, 0.1) is 11.9 Å². The van der Waals surface area contributed by atoms with Crippen LogP contribution in [0.15, 0.2) is 58.8 Å². The summed E-state index contributed by atoms with van der Waals surface area (Å²) in [5.74, 6) is 1.93. The van der Waals surface area contributed by atoms with E-state index in [9.17, 15) is 0 Å². The third-order valence-electron chi connectivity index (χ3n) is 4.82. The van der Waals surface area contributed by atoms with Crippen molar-refractivity contribution in [3.63, 3.8) is 0 Å². The van der Waals surface area contributed by atoms with Crippen LogP contribution in [0.4, 0.5) is 5.69 Å². The lowest BCUT2D eigenvalue weighted by molar-refractivity contribution is 0.304. The summed E-state index contributed by atoms with van der Waals surface area (Å²) in [6, 6.07) is 11.5. The third-order valence-corrected chi connectivity index (χ3v) is 4.82. The van der Waals surface area contributed by atoms with Crippen LogP contribution in [0.1, 0.15) is 32.1 Å². The first-order chi connectivity index (χ1) is 12.7. The highest BCUT2D eigenvalue weighted by Gasteiger charge is 2.43. The van der Waals surface area contributed by atoms with E-state index >= 15 is 0 Å². The fraction of sp³-hybridized carbons (Fsp3) is 0.316. The van der Waals surface area contributed by atoms with Crippen molar-refractivity contribution in [2.75, 3.05) is 4.90 Å². The summed E-state index contributed by atoms with van der Waals surface area (Å²) < 4.78 is 6.08. The van der Waals surface area contributed by atoms with E-state index in [4.69, 9.17) is 21.2 Å². The maximum atomic E-state index is 6.32. The van der Waals surface area contributed by atoms with E-state index < -0.39 is 5.66 Å². The molecule has 2 aromatic rings. The third kappa shape index (κ3) is 2.96. The Bertz CT molecular complexity index is 842. The number of para-hydroxylation sites is 2. The molecular formula is C19H22N6O. The molecule has 1 aliphatic carbocycles. The molecule has 0 amide bonds. The van der Waals surface area contributed by atoms with Gasteiger partial charge in [-0.2, -0.15) is 4.99 Å². The number of rotatable bonds is 3. The van der Waals surface area contributed by atoms with Gasteiger partial charge >= 0.3 is 0 Å². The zero-order valence-corrected chi connectivity index (χ0v) is 14.5. The van der Waals surface area contributed by atoms with Crippen molar-refractivity contribution in [2.24, 2.45) is 21.5 Å². The number of hydrogen-bond donors (Lipinski definition) is 2. The van der Waals surface area contributed by atoms with Crippen molar-refractivity contribution in [3.05, 3.63) is 48.8 Å². The van der Waals surface area contributed by atoms with E-state index in [1.807, 2.05) is 41.3 Å². The molecular weight excluding hydrogens is 328 g/mol. The molecule has 0 bridgehead atoms. The second-order valence-electron chi connectivity index (χ2n) is 6.58. The molecule has 1 aromatic carbocycles. The number of pyridine rings is 1. The number of nitrogens with zero attached hydrogens (tertiary/aromatic N) is 4. The van der Waals surface area contributed by atoms with Crippen molar-refractivity contribution < 1.29 is 4.74 Å². The molecule has 7 nitrogen and oxygen atoms in total. The number of ether oxygens (including phenoxy) is 1. The molecule has 1 aromatic heterocycles. The summed E-state index contributed by atoms with van der Waals surface area (Å²) in [6.07, 6.45) is 8.49. The van der Waals surface area contributed by atoms with Crippen LogP contribution < -0.4 is 21.1 Å². The van der Waals surface area contributed by atoms with Crippen molar-refractivity contribution in [2.45, 2.75) is 37.8 Å². The summed E-state index contributed by atoms with van der Waals surface area (Å²) >= 11 is 0. The standard InChI is InChI=1S/C19H22N6O/c20-17-23-18(21)25(19(24-17)10-4-1-5-11-19)15-8-2-3-9-16(15)26-14-7-6-12-22-13-14/h2-3,6-9,12-13H,1,4-5,10-11H2,(H4,20,21,23,24). The first kappa shape index (κ1) is 16.4. The minimum absolute atomic E-state index is 0.242. The van der Waals surface area contributed by atoms with Crippen LogP contribution in [0.5, 0.6) is 11.5 Å². The summed E-state index contributed by atoms with van der Waals surface area (Å²) in [7, 11) is 0. The highest BCUT2D eigenvalue weighted by atomic mass is 16.5. The maximum absolute atomic E-state index is 6.32. The molecule has 1 aliphatic heterocycles. The predicted molar refractivity (Wildman–Crippen MR) is 102 cm³/mol. The number of guanidine groups is 2. The van der Waals surface area contributed by atoms with Gasteiger partial charge < -0.3 is 16.2 Å². The Hall–Kier alpha value is -3.09. The van der Waals surface area contributed by atoms with Crippen LogP contribution >= 0.6 is 0 Å². The van der Waals surface area contributed by atoms with Crippen molar-refractivity contribution >= 4 is 17.6 Å². The molecule has 1 fully saturated rings. The minimum atomic E-state index is -0.497. The van der Waals surface area contributed by atoms with E-state index in [2.05, 4.69) is 9.98 Å². The number of aromatic nitrogens is 1. The van der Waals surface area contributed by atoms with Gasteiger partial charge in [0.15, 0.2) is 5.75 Å². The monoisotopic (exact) mass is 350 g/mol. The molecule has 0 radical (unpaired) electrons. The van der Waals surface area contributed by atoms with Crippen LogP contribution in [0.3, 0.4) is 0 Å². The van der Waals surface area contributed by atoms with Gasteiger partial charge in [-0.3, -0.25) is 9.88 Å². The van der Waals surface area contributed by atoms with Crippen LogP contribution in [0.2, 0.25) is 0 Å². The van der Waals surface area contributed by atoms with Crippen molar-refractivity contribution in [3.8, 4) is 11.5 Å². The van der Waals surface area contributed by atoms with E-state index in [1.165, 1.54) is 6.42 Å². The molecule has 0 saturated heterocycles. The molecule has 4 rings (SSSR count). The average molecular weight is 350 g/mol. The van der Waals surface area contributed by atoms with Gasteiger partial charge in [-0.1, -0.05) is 18.6 Å². The predicted octanol–water partition coefficient (Wildman–Crippen LogP) is 2.98. The number of benzene rings is 1. The van der Waals surface area contributed by atoms with Crippen LogP contribution in [-0.4, -0.2) is 22.6 Å². The minimum Gasteiger partial charge on any atom is -0.454 e. The lowest BCUT2D eigenvalue weighted by Gasteiger charge is -2.45. The van der Waals surface area contributed by atoms with Gasteiger partial charge in [-0.15, -0.1) is 0 Å². The molecule has 2 aliphatic rings. The molecule has 26 heavy (non-hydrogen) atoms. The zero-order valence-electron chi connectivity index (χ0n) is 14.5. The second kappa shape index (κ2) is 6.67.